The number of imidazole rings is 1. The molecule has 0 spiro atoms. The zero-order valence-electron chi connectivity index (χ0n) is 9.91. The van der Waals surface area contributed by atoms with Gasteiger partial charge in [-0.15, -0.1) is 0 Å². The molecule has 1 atom stereocenters. The molecule has 0 fully saturated rings. The van der Waals surface area contributed by atoms with Crippen molar-refractivity contribution in [1.82, 2.24) is 9.97 Å². The maximum atomic E-state index is 6.19. The number of nitrogens with zero attached hydrogens (tertiary/aromatic N) is 1. The molecule has 0 aliphatic rings. The Kier molecular flexibility index (Phi) is 2.79. The lowest BCUT2D eigenvalue weighted by atomic mass is 9.96. The lowest BCUT2D eigenvalue weighted by Gasteiger charge is -2.15. The summed E-state index contributed by atoms with van der Waals surface area (Å²) in [5.74, 6) is 0.811. The molecular formula is C13H17N3. The van der Waals surface area contributed by atoms with Gasteiger partial charge < -0.3 is 10.7 Å². The summed E-state index contributed by atoms with van der Waals surface area (Å²) in [5, 5.41) is 0. The van der Waals surface area contributed by atoms with Crippen molar-refractivity contribution < 1.29 is 0 Å². The van der Waals surface area contributed by atoms with Gasteiger partial charge in [0, 0.05) is 12.4 Å². The molecule has 0 amide bonds. The van der Waals surface area contributed by atoms with Gasteiger partial charge in [-0.25, -0.2) is 4.98 Å². The molecule has 0 aliphatic carbocycles. The fourth-order valence-corrected chi connectivity index (χ4v) is 1.91. The number of aromatic nitrogens is 2. The number of hydrogen-bond acceptors (Lipinski definition) is 2. The van der Waals surface area contributed by atoms with Gasteiger partial charge in [-0.1, -0.05) is 12.1 Å². The average molecular weight is 215 g/mol. The molecule has 0 aliphatic heterocycles. The normalized spacial score (nSPS) is 12.8. The molecule has 84 valence electrons. The van der Waals surface area contributed by atoms with Gasteiger partial charge >= 0.3 is 0 Å². The second-order valence-electron chi connectivity index (χ2n) is 4.25. The first-order valence-electron chi connectivity index (χ1n) is 5.42. The first-order chi connectivity index (χ1) is 7.59. The summed E-state index contributed by atoms with van der Waals surface area (Å²) < 4.78 is 0. The summed E-state index contributed by atoms with van der Waals surface area (Å²) in [7, 11) is 0. The van der Waals surface area contributed by atoms with E-state index in [1.54, 1.807) is 12.4 Å². The highest BCUT2D eigenvalue weighted by Gasteiger charge is 2.14. The molecule has 1 aromatic carbocycles. The molecule has 3 heteroatoms. The Balaban J connectivity index is 2.44. The third-order valence-corrected chi connectivity index (χ3v) is 3.03. The summed E-state index contributed by atoms with van der Waals surface area (Å²) in [4.78, 5) is 7.27. The minimum absolute atomic E-state index is 0.172. The van der Waals surface area contributed by atoms with Crippen molar-refractivity contribution >= 4 is 0 Å². The molecule has 1 unspecified atom stereocenters. The molecule has 0 saturated carbocycles. The fraction of sp³-hybridized carbons (Fsp3) is 0.308. The second kappa shape index (κ2) is 4.10. The monoisotopic (exact) mass is 215 g/mol. The number of H-pyrrole nitrogens is 1. The number of aryl methyl sites for hydroxylation is 3. The number of nitrogens with two attached hydrogens (primary N) is 1. The number of hydrogen-bond donors (Lipinski definition) is 2. The van der Waals surface area contributed by atoms with Crippen LogP contribution in [0.25, 0.3) is 0 Å². The summed E-state index contributed by atoms with van der Waals surface area (Å²) in [6.07, 6.45) is 3.52. The fourth-order valence-electron chi connectivity index (χ4n) is 1.91. The quantitative estimate of drug-likeness (QED) is 0.808. The number of nitrogens with one attached hydrogen (secondary N) is 1. The number of benzene rings is 1. The van der Waals surface area contributed by atoms with Gasteiger partial charge in [0.05, 0.1) is 6.04 Å². The molecule has 0 saturated heterocycles. The van der Waals surface area contributed by atoms with E-state index in [4.69, 9.17) is 5.73 Å². The van der Waals surface area contributed by atoms with Crippen molar-refractivity contribution in [2.75, 3.05) is 0 Å². The molecule has 1 aromatic heterocycles. The van der Waals surface area contributed by atoms with Crippen molar-refractivity contribution in [1.29, 1.82) is 0 Å². The smallest absolute Gasteiger partial charge is 0.127 e. The van der Waals surface area contributed by atoms with E-state index >= 15 is 0 Å². The van der Waals surface area contributed by atoms with E-state index in [0.29, 0.717) is 0 Å². The highest BCUT2D eigenvalue weighted by Crippen LogP contribution is 2.23. The van der Waals surface area contributed by atoms with E-state index in [0.717, 1.165) is 11.4 Å². The molecule has 3 nitrogen and oxygen atoms in total. The molecule has 0 bridgehead atoms. The standard InChI is InChI=1S/C13H17N3/c1-8-6-10(3)11(7-9(8)2)12(14)13-15-4-5-16-13/h4-7,12H,14H2,1-3H3,(H,15,16). The van der Waals surface area contributed by atoms with Crippen LogP contribution in [-0.2, 0) is 0 Å². The average Bonchev–Trinajstić information content (AvgIpc) is 2.75. The van der Waals surface area contributed by atoms with Gasteiger partial charge in [-0.3, -0.25) is 0 Å². The maximum Gasteiger partial charge on any atom is 0.127 e. The van der Waals surface area contributed by atoms with Gasteiger partial charge in [0.2, 0.25) is 0 Å². The van der Waals surface area contributed by atoms with Crippen LogP contribution in [0.2, 0.25) is 0 Å². The third-order valence-electron chi connectivity index (χ3n) is 3.03. The first-order valence-corrected chi connectivity index (χ1v) is 5.42. The van der Waals surface area contributed by atoms with Crippen molar-refractivity contribution in [2.24, 2.45) is 5.73 Å². The van der Waals surface area contributed by atoms with Gasteiger partial charge in [0.15, 0.2) is 0 Å². The van der Waals surface area contributed by atoms with Crippen LogP contribution in [0.3, 0.4) is 0 Å². The van der Waals surface area contributed by atoms with E-state index in [1.165, 1.54) is 16.7 Å². The van der Waals surface area contributed by atoms with Crippen LogP contribution in [0, 0.1) is 20.8 Å². The number of aromatic amines is 1. The van der Waals surface area contributed by atoms with Crippen LogP contribution >= 0.6 is 0 Å². The lowest BCUT2D eigenvalue weighted by Crippen LogP contribution is -2.15. The van der Waals surface area contributed by atoms with Crippen molar-refractivity contribution in [2.45, 2.75) is 26.8 Å². The van der Waals surface area contributed by atoms with E-state index in [1.807, 2.05) is 0 Å². The van der Waals surface area contributed by atoms with Gasteiger partial charge in [0.1, 0.15) is 5.82 Å². The zero-order valence-corrected chi connectivity index (χ0v) is 9.91. The Morgan fingerprint density at radius 2 is 1.81 bits per heavy atom. The highest BCUT2D eigenvalue weighted by atomic mass is 14.9. The maximum absolute atomic E-state index is 6.19. The van der Waals surface area contributed by atoms with Crippen molar-refractivity contribution in [3.63, 3.8) is 0 Å². The Labute approximate surface area is 95.7 Å². The Morgan fingerprint density at radius 3 is 2.44 bits per heavy atom. The molecule has 2 aromatic rings. The zero-order chi connectivity index (χ0) is 11.7. The molecule has 0 radical (unpaired) electrons. The van der Waals surface area contributed by atoms with Crippen LogP contribution < -0.4 is 5.73 Å². The van der Waals surface area contributed by atoms with Crippen LogP contribution in [0.5, 0.6) is 0 Å². The highest BCUT2D eigenvalue weighted by molar-refractivity contribution is 5.40. The minimum Gasteiger partial charge on any atom is -0.347 e. The topological polar surface area (TPSA) is 54.7 Å². The van der Waals surface area contributed by atoms with Crippen LogP contribution in [-0.4, -0.2) is 9.97 Å². The van der Waals surface area contributed by atoms with Crippen LogP contribution in [0.1, 0.15) is 34.1 Å². The Hall–Kier alpha value is -1.61. The predicted molar refractivity (Wildman–Crippen MR) is 65.3 cm³/mol. The van der Waals surface area contributed by atoms with Crippen LogP contribution in [0.4, 0.5) is 0 Å². The first kappa shape index (κ1) is 10.9. The van der Waals surface area contributed by atoms with Crippen molar-refractivity contribution in [3.8, 4) is 0 Å². The van der Waals surface area contributed by atoms with E-state index < -0.39 is 0 Å². The molecular weight excluding hydrogens is 198 g/mol. The SMILES string of the molecule is Cc1cc(C)c(C(N)c2ncc[nH]2)cc1C. The van der Waals surface area contributed by atoms with Gasteiger partial charge in [-0.05, 0) is 43.0 Å². The third kappa shape index (κ3) is 1.86. The van der Waals surface area contributed by atoms with Crippen molar-refractivity contribution in [3.05, 3.63) is 52.6 Å². The van der Waals surface area contributed by atoms with Gasteiger partial charge in [0.25, 0.3) is 0 Å². The van der Waals surface area contributed by atoms with Gasteiger partial charge in [-0.2, -0.15) is 0 Å². The molecule has 1 heterocycles. The van der Waals surface area contributed by atoms with Crippen LogP contribution in [0.15, 0.2) is 24.5 Å². The van der Waals surface area contributed by atoms with E-state index in [2.05, 4.69) is 42.9 Å². The summed E-state index contributed by atoms with van der Waals surface area (Å²) in [6, 6.07) is 4.15. The molecule has 16 heavy (non-hydrogen) atoms. The predicted octanol–water partition coefficient (Wildman–Crippen LogP) is 2.38. The summed E-state index contributed by atoms with van der Waals surface area (Å²) in [6.45, 7) is 6.31. The largest absolute Gasteiger partial charge is 0.347 e. The Bertz CT molecular complexity index is 486. The second-order valence-corrected chi connectivity index (χ2v) is 4.25. The number of rotatable bonds is 2. The lowest BCUT2D eigenvalue weighted by molar-refractivity contribution is 0.792. The summed E-state index contributed by atoms with van der Waals surface area (Å²) >= 11 is 0. The van der Waals surface area contributed by atoms with E-state index in [9.17, 15) is 0 Å². The van der Waals surface area contributed by atoms with E-state index in [-0.39, 0.29) is 6.04 Å². The molecule has 3 N–H and O–H groups in total. The Morgan fingerprint density at radius 1 is 1.12 bits per heavy atom. The molecule has 2 rings (SSSR count). The minimum atomic E-state index is -0.172. The summed E-state index contributed by atoms with van der Waals surface area (Å²) in [5.41, 5.74) is 11.1.